The SMILES string of the molecule is O=C(Cc1cccc(F)c1)N1CCC2C1CC(=O)N2c1cccnc1. The molecule has 0 bridgehead atoms. The molecule has 0 spiro atoms. The van der Waals surface area contributed by atoms with Gasteiger partial charge in [-0.1, -0.05) is 12.1 Å². The van der Waals surface area contributed by atoms with E-state index in [4.69, 9.17) is 0 Å². The predicted octanol–water partition coefficient (Wildman–Crippen LogP) is 2.17. The molecule has 2 aromatic rings. The van der Waals surface area contributed by atoms with Crippen molar-refractivity contribution in [1.29, 1.82) is 0 Å². The summed E-state index contributed by atoms with van der Waals surface area (Å²) < 4.78 is 13.3. The number of halogens is 1. The highest BCUT2D eigenvalue weighted by molar-refractivity contribution is 5.98. The van der Waals surface area contributed by atoms with Gasteiger partial charge in [0, 0.05) is 19.2 Å². The summed E-state index contributed by atoms with van der Waals surface area (Å²) in [7, 11) is 0. The van der Waals surface area contributed by atoms with Gasteiger partial charge in [-0.05, 0) is 36.2 Å². The van der Waals surface area contributed by atoms with Gasteiger partial charge in [0.05, 0.1) is 30.4 Å². The molecule has 1 aromatic carbocycles. The summed E-state index contributed by atoms with van der Waals surface area (Å²) >= 11 is 0. The fraction of sp³-hybridized carbons (Fsp3) is 0.316. The number of pyridine rings is 1. The van der Waals surface area contributed by atoms with Crippen LogP contribution < -0.4 is 4.90 Å². The second-order valence-corrected chi connectivity index (χ2v) is 6.50. The fourth-order valence-electron chi connectivity index (χ4n) is 3.91. The van der Waals surface area contributed by atoms with E-state index in [1.165, 1.54) is 12.1 Å². The van der Waals surface area contributed by atoms with E-state index in [1.54, 1.807) is 40.4 Å². The van der Waals surface area contributed by atoms with Crippen LogP contribution in [0.3, 0.4) is 0 Å². The number of carbonyl (C=O) groups is 2. The molecule has 0 saturated carbocycles. The molecule has 2 fully saturated rings. The Morgan fingerprint density at radius 2 is 2.12 bits per heavy atom. The Kier molecular flexibility index (Phi) is 3.95. The highest BCUT2D eigenvalue weighted by Gasteiger charge is 2.48. The zero-order chi connectivity index (χ0) is 17.4. The molecule has 2 aliphatic heterocycles. The van der Waals surface area contributed by atoms with Gasteiger partial charge in [0.2, 0.25) is 11.8 Å². The van der Waals surface area contributed by atoms with Gasteiger partial charge in [-0.25, -0.2) is 4.39 Å². The molecule has 6 heteroatoms. The highest BCUT2D eigenvalue weighted by atomic mass is 19.1. The van der Waals surface area contributed by atoms with Gasteiger partial charge in [-0.3, -0.25) is 14.6 Å². The highest BCUT2D eigenvalue weighted by Crippen LogP contribution is 2.35. The third-order valence-corrected chi connectivity index (χ3v) is 4.98. The first-order valence-electron chi connectivity index (χ1n) is 8.39. The molecule has 1 aromatic heterocycles. The Labute approximate surface area is 145 Å². The number of rotatable bonds is 3. The van der Waals surface area contributed by atoms with Crippen molar-refractivity contribution >= 4 is 17.5 Å². The molecular weight excluding hydrogens is 321 g/mol. The van der Waals surface area contributed by atoms with Gasteiger partial charge >= 0.3 is 0 Å². The largest absolute Gasteiger partial charge is 0.337 e. The molecule has 2 saturated heterocycles. The molecule has 0 radical (unpaired) electrons. The van der Waals surface area contributed by atoms with Crippen LogP contribution >= 0.6 is 0 Å². The van der Waals surface area contributed by atoms with Gasteiger partial charge in [0.15, 0.2) is 0 Å². The molecule has 2 amide bonds. The van der Waals surface area contributed by atoms with Crippen LogP contribution in [0.25, 0.3) is 0 Å². The molecular formula is C19H18FN3O2. The lowest BCUT2D eigenvalue weighted by molar-refractivity contribution is -0.131. The zero-order valence-corrected chi connectivity index (χ0v) is 13.6. The lowest BCUT2D eigenvalue weighted by Gasteiger charge is -2.25. The predicted molar refractivity (Wildman–Crippen MR) is 90.4 cm³/mol. The third kappa shape index (κ3) is 2.88. The molecule has 5 nitrogen and oxygen atoms in total. The van der Waals surface area contributed by atoms with E-state index in [0.717, 1.165) is 12.1 Å². The van der Waals surface area contributed by atoms with Crippen LogP contribution in [0.4, 0.5) is 10.1 Å². The summed E-state index contributed by atoms with van der Waals surface area (Å²) in [4.78, 5) is 32.8. The van der Waals surface area contributed by atoms with Gasteiger partial charge in [0.25, 0.3) is 0 Å². The Balaban J connectivity index is 1.51. The third-order valence-electron chi connectivity index (χ3n) is 4.98. The van der Waals surface area contributed by atoms with Crippen LogP contribution in [-0.2, 0) is 16.0 Å². The molecule has 4 rings (SSSR count). The molecule has 2 unspecified atom stereocenters. The van der Waals surface area contributed by atoms with Crippen molar-refractivity contribution in [2.45, 2.75) is 31.3 Å². The molecule has 25 heavy (non-hydrogen) atoms. The summed E-state index contributed by atoms with van der Waals surface area (Å²) in [6, 6.07) is 9.64. The average molecular weight is 339 g/mol. The van der Waals surface area contributed by atoms with Crippen molar-refractivity contribution < 1.29 is 14.0 Å². The maximum atomic E-state index is 13.3. The number of anilines is 1. The van der Waals surface area contributed by atoms with Crippen molar-refractivity contribution in [2.24, 2.45) is 0 Å². The minimum atomic E-state index is -0.344. The Bertz CT molecular complexity index is 811. The molecule has 2 aliphatic rings. The Hall–Kier alpha value is -2.76. The first-order chi connectivity index (χ1) is 12.1. The normalized spacial score (nSPS) is 22.4. The van der Waals surface area contributed by atoms with E-state index in [0.29, 0.717) is 18.5 Å². The van der Waals surface area contributed by atoms with E-state index in [1.807, 2.05) is 6.07 Å². The lowest BCUT2D eigenvalue weighted by atomic mass is 10.1. The minimum Gasteiger partial charge on any atom is -0.337 e. The van der Waals surface area contributed by atoms with E-state index < -0.39 is 0 Å². The quantitative estimate of drug-likeness (QED) is 0.861. The average Bonchev–Trinajstić information content (AvgIpc) is 3.13. The second kappa shape index (κ2) is 6.27. The zero-order valence-electron chi connectivity index (χ0n) is 13.6. The van der Waals surface area contributed by atoms with Gasteiger partial charge in [-0.2, -0.15) is 0 Å². The number of nitrogens with zero attached hydrogens (tertiary/aromatic N) is 3. The van der Waals surface area contributed by atoms with E-state index in [9.17, 15) is 14.0 Å². The van der Waals surface area contributed by atoms with Crippen LogP contribution in [0, 0.1) is 5.82 Å². The number of amides is 2. The maximum absolute atomic E-state index is 13.3. The lowest BCUT2D eigenvalue weighted by Crippen LogP contribution is -2.40. The Morgan fingerprint density at radius 3 is 2.88 bits per heavy atom. The van der Waals surface area contributed by atoms with Gasteiger partial charge in [0.1, 0.15) is 5.82 Å². The summed E-state index contributed by atoms with van der Waals surface area (Å²) in [6.07, 6.45) is 4.58. The first kappa shape index (κ1) is 15.7. The van der Waals surface area contributed by atoms with Crippen molar-refractivity contribution in [3.8, 4) is 0 Å². The van der Waals surface area contributed by atoms with Crippen molar-refractivity contribution in [1.82, 2.24) is 9.88 Å². The first-order valence-corrected chi connectivity index (χ1v) is 8.39. The summed E-state index contributed by atoms with van der Waals surface area (Å²) in [5.41, 5.74) is 1.43. The van der Waals surface area contributed by atoms with Crippen molar-refractivity contribution in [3.05, 3.63) is 60.2 Å². The number of carbonyl (C=O) groups excluding carboxylic acids is 2. The summed E-state index contributed by atoms with van der Waals surface area (Å²) in [5.74, 6) is -0.381. The molecule has 0 aliphatic carbocycles. The molecule has 128 valence electrons. The molecule has 3 heterocycles. The van der Waals surface area contributed by atoms with Crippen molar-refractivity contribution in [2.75, 3.05) is 11.4 Å². The number of likely N-dealkylation sites (tertiary alicyclic amines) is 1. The van der Waals surface area contributed by atoms with E-state index in [2.05, 4.69) is 4.98 Å². The summed E-state index contributed by atoms with van der Waals surface area (Å²) in [6.45, 7) is 0.619. The van der Waals surface area contributed by atoms with Crippen LogP contribution in [0.2, 0.25) is 0 Å². The van der Waals surface area contributed by atoms with Crippen LogP contribution in [0.5, 0.6) is 0 Å². The van der Waals surface area contributed by atoms with Gasteiger partial charge < -0.3 is 9.80 Å². The fourth-order valence-corrected chi connectivity index (χ4v) is 3.91. The van der Waals surface area contributed by atoms with E-state index >= 15 is 0 Å². The smallest absolute Gasteiger partial charge is 0.229 e. The number of fused-ring (bicyclic) bond motifs is 1. The number of hydrogen-bond acceptors (Lipinski definition) is 3. The summed E-state index contributed by atoms with van der Waals surface area (Å²) in [5, 5.41) is 0. The Morgan fingerprint density at radius 1 is 1.24 bits per heavy atom. The number of benzene rings is 1. The van der Waals surface area contributed by atoms with Crippen LogP contribution in [0.15, 0.2) is 48.8 Å². The van der Waals surface area contributed by atoms with Crippen LogP contribution in [0.1, 0.15) is 18.4 Å². The standard InChI is InChI=1S/C19H18FN3O2/c20-14-4-1-3-13(9-14)10-18(24)22-8-6-16-17(22)11-19(25)23(16)15-5-2-7-21-12-15/h1-5,7,9,12,16-17H,6,8,10-11H2. The van der Waals surface area contributed by atoms with Gasteiger partial charge in [-0.15, -0.1) is 0 Å². The van der Waals surface area contributed by atoms with Crippen molar-refractivity contribution in [3.63, 3.8) is 0 Å². The maximum Gasteiger partial charge on any atom is 0.229 e. The topological polar surface area (TPSA) is 53.5 Å². The monoisotopic (exact) mass is 339 g/mol. The number of aromatic nitrogens is 1. The minimum absolute atomic E-state index is 0.00633. The second-order valence-electron chi connectivity index (χ2n) is 6.50. The van der Waals surface area contributed by atoms with Crippen LogP contribution in [-0.4, -0.2) is 40.3 Å². The van der Waals surface area contributed by atoms with E-state index in [-0.39, 0.29) is 36.1 Å². The molecule has 0 N–H and O–H groups in total. The number of hydrogen-bond donors (Lipinski definition) is 0. The molecule has 2 atom stereocenters.